The van der Waals surface area contributed by atoms with Crippen LogP contribution in [0.1, 0.15) is 68.9 Å². The lowest BCUT2D eigenvalue weighted by molar-refractivity contribution is -0.128. The minimum absolute atomic E-state index is 0.280. The molecule has 1 amide bonds. The Labute approximate surface area is 187 Å². The molecule has 1 aromatic carbocycles. The van der Waals surface area contributed by atoms with E-state index in [1.165, 1.54) is 62.6 Å². The van der Waals surface area contributed by atoms with Crippen molar-refractivity contribution in [2.45, 2.75) is 83.0 Å². The van der Waals surface area contributed by atoms with Crippen molar-refractivity contribution < 1.29 is 4.79 Å². The number of benzene rings is 1. The van der Waals surface area contributed by atoms with Crippen LogP contribution in [0.2, 0.25) is 0 Å². The van der Waals surface area contributed by atoms with Gasteiger partial charge in [0.2, 0.25) is 5.91 Å². The lowest BCUT2D eigenvalue weighted by Gasteiger charge is -2.40. The molecule has 4 rings (SSSR count). The molecule has 2 heterocycles. The molecule has 0 aromatic heterocycles. The van der Waals surface area contributed by atoms with E-state index in [1.807, 2.05) is 11.9 Å². The number of amides is 1. The summed E-state index contributed by atoms with van der Waals surface area (Å²) in [7, 11) is 1.85. The maximum atomic E-state index is 11.9. The Kier molecular flexibility index (Phi) is 7.84. The average Bonchev–Trinajstić information content (AvgIpc) is 3.22. The number of carbonyl (C=O) groups is 1. The summed E-state index contributed by atoms with van der Waals surface area (Å²) in [5.41, 5.74) is 2.42. The minimum Gasteiger partial charge on any atom is -0.352 e. The first-order valence-corrected chi connectivity index (χ1v) is 12.3. The number of rotatable bonds is 6. The highest BCUT2D eigenvalue weighted by molar-refractivity contribution is 5.80. The Balaban J connectivity index is 1.26. The Hall–Kier alpha value is -2.08. The van der Waals surface area contributed by atoms with Crippen LogP contribution in [0.3, 0.4) is 0 Å². The SMILES string of the molecule is CN=C(NCc1cccc(CN2CCCC2=O)c1)NC1CCCN(C2CCCCC2)C1. The van der Waals surface area contributed by atoms with Crippen LogP contribution in [0.15, 0.2) is 29.3 Å². The molecule has 1 aromatic rings. The number of nitrogens with one attached hydrogen (secondary N) is 2. The Morgan fingerprint density at radius 2 is 1.90 bits per heavy atom. The van der Waals surface area contributed by atoms with E-state index in [9.17, 15) is 4.79 Å². The highest BCUT2D eigenvalue weighted by Crippen LogP contribution is 2.25. The van der Waals surface area contributed by atoms with Crippen LogP contribution < -0.4 is 10.6 Å². The smallest absolute Gasteiger partial charge is 0.222 e. The molecule has 170 valence electrons. The van der Waals surface area contributed by atoms with Gasteiger partial charge in [-0.25, -0.2) is 0 Å². The van der Waals surface area contributed by atoms with Crippen LogP contribution in [-0.2, 0) is 17.9 Å². The molecule has 0 radical (unpaired) electrons. The van der Waals surface area contributed by atoms with Gasteiger partial charge in [-0.1, -0.05) is 43.5 Å². The maximum absolute atomic E-state index is 11.9. The lowest BCUT2D eigenvalue weighted by Crippen LogP contribution is -2.53. The van der Waals surface area contributed by atoms with Crippen LogP contribution in [0.5, 0.6) is 0 Å². The summed E-state index contributed by atoms with van der Waals surface area (Å²) in [4.78, 5) is 21.1. The van der Waals surface area contributed by atoms with Crippen LogP contribution in [0.4, 0.5) is 0 Å². The first kappa shape index (κ1) is 22.1. The molecule has 1 unspecified atom stereocenters. The fourth-order valence-electron chi connectivity index (χ4n) is 5.41. The number of likely N-dealkylation sites (tertiary alicyclic amines) is 2. The normalized spacial score (nSPS) is 23.9. The number of guanidine groups is 1. The molecule has 6 nitrogen and oxygen atoms in total. The van der Waals surface area contributed by atoms with E-state index in [2.05, 4.69) is 44.8 Å². The van der Waals surface area contributed by atoms with E-state index >= 15 is 0 Å². The molecule has 0 spiro atoms. The summed E-state index contributed by atoms with van der Waals surface area (Å²) in [6.07, 6.45) is 11.1. The molecule has 0 bridgehead atoms. The molecule has 1 saturated carbocycles. The zero-order chi connectivity index (χ0) is 21.5. The van der Waals surface area contributed by atoms with Crippen LogP contribution in [-0.4, -0.2) is 60.4 Å². The monoisotopic (exact) mass is 425 g/mol. The highest BCUT2D eigenvalue weighted by atomic mass is 16.2. The third-order valence-corrected chi connectivity index (χ3v) is 7.10. The van der Waals surface area contributed by atoms with Gasteiger partial charge < -0.3 is 15.5 Å². The van der Waals surface area contributed by atoms with Crippen LogP contribution >= 0.6 is 0 Å². The second kappa shape index (κ2) is 11.0. The number of hydrogen-bond donors (Lipinski definition) is 2. The van der Waals surface area contributed by atoms with Crippen molar-refractivity contribution in [3.63, 3.8) is 0 Å². The quantitative estimate of drug-likeness (QED) is 0.543. The molecule has 3 aliphatic rings. The van der Waals surface area contributed by atoms with Gasteiger partial charge in [-0.2, -0.15) is 0 Å². The van der Waals surface area contributed by atoms with Gasteiger partial charge in [0, 0.05) is 51.7 Å². The van der Waals surface area contributed by atoms with Crippen molar-refractivity contribution >= 4 is 11.9 Å². The van der Waals surface area contributed by atoms with E-state index in [0.29, 0.717) is 12.5 Å². The number of carbonyl (C=O) groups excluding carboxylic acids is 1. The molecule has 2 aliphatic heterocycles. The average molecular weight is 426 g/mol. The van der Waals surface area contributed by atoms with Crippen molar-refractivity contribution in [2.75, 3.05) is 26.7 Å². The van der Waals surface area contributed by atoms with Crippen molar-refractivity contribution in [2.24, 2.45) is 4.99 Å². The third-order valence-electron chi connectivity index (χ3n) is 7.10. The van der Waals surface area contributed by atoms with Crippen molar-refractivity contribution in [3.05, 3.63) is 35.4 Å². The largest absolute Gasteiger partial charge is 0.352 e. The zero-order valence-corrected chi connectivity index (χ0v) is 19.1. The fourth-order valence-corrected chi connectivity index (χ4v) is 5.41. The number of nitrogens with zero attached hydrogens (tertiary/aromatic N) is 3. The van der Waals surface area contributed by atoms with Gasteiger partial charge in [0.1, 0.15) is 0 Å². The van der Waals surface area contributed by atoms with Crippen LogP contribution in [0.25, 0.3) is 0 Å². The van der Waals surface area contributed by atoms with E-state index in [0.717, 1.165) is 44.6 Å². The topological polar surface area (TPSA) is 60.0 Å². The molecule has 6 heteroatoms. The van der Waals surface area contributed by atoms with Gasteiger partial charge in [-0.15, -0.1) is 0 Å². The summed E-state index contributed by atoms with van der Waals surface area (Å²) in [5.74, 6) is 1.17. The maximum Gasteiger partial charge on any atom is 0.222 e. The van der Waals surface area contributed by atoms with Crippen molar-refractivity contribution in [1.82, 2.24) is 20.4 Å². The zero-order valence-electron chi connectivity index (χ0n) is 19.1. The molecular formula is C25H39N5O. The molecule has 1 atom stereocenters. The van der Waals surface area contributed by atoms with Crippen molar-refractivity contribution in [1.29, 1.82) is 0 Å². The summed E-state index contributed by atoms with van der Waals surface area (Å²) in [6.45, 7) is 4.72. The lowest BCUT2D eigenvalue weighted by atomic mass is 9.92. The molecular weight excluding hydrogens is 386 g/mol. The van der Waals surface area contributed by atoms with Gasteiger partial charge >= 0.3 is 0 Å². The van der Waals surface area contributed by atoms with Gasteiger partial charge in [-0.05, 0) is 49.8 Å². The number of piperidine rings is 1. The summed E-state index contributed by atoms with van der Waals surface area (Å²) in [6, 6.07) is 9.81. The predicted molar refractivity (Wildman–Crippen MR) is 126 cm³/mol. The Bertz CT molecular complexity index is 758. The van der Waals surface area contributed by atoms with Gasteiger partial charge in [0.05, 0.1) is 0 Å². The fraction of sp³-hybridized carbons (Fsp3) is 0.680. The predicted octanol–water partition coefficient (Wildman–Crippen LogP) is 3.27. The van der Waals surface area contributed by atoms with E-state index in [-0.39, 0.29) is 5.91 Å². The summed E-state index contributed by atoms with van der Waals surface area (Å²) < 4.78 is 0. The summed E-state index contributed by atoms with van der Waals surface area (Å²) >= 11 is 0. The molecule has 1 aliphatic carbocycles. The van der Waals surface area contributed by atoms with E-state index in [4.69, 9.17) is 0 Å². The molecule has 31 heavy (non-hydrogen) atoms. The van der Waals surface area contributed by atoms with E-state index in [1.54, 1.807) is 0 Å². The third kappa shape index (κ3) is 6.22. The summed E-state index contributed by atoms with van der Waals surface area (Å²) in [5, 5.41) is 7.17. The van der Waals surface area contributed by atoms with Crippen molar-refractivity contribution in [3.8, 4) is 0 Å². The highest BCUT2D eigenvalue weighted by Gasteiger charge is 2.27. The van der Waals surface area contributed by atoms with Crippen LogP contribution in [0, 0.1) is 0 Å². The first-order chi connectivity index (χ1) is 15.2. The number of aliphatic imine (C=N–C) groups is 1. The van der Waals surface area contributed by atoms with Gasteiger partial charge in [0.25, 0.3) is 0 Å². The Morgan fingerprint density at radius 1 is 1.06 bits per heavy atom. The molecule has 2 saturated heterocycles. The van der Waals surface area contributed by atoms with E-state index < -0.39 is 0 Å². The standard InChI is InChI=1S/C25H39N5O/c1-26-25(28-22-10-6-14-29(19-22)23-11-3-2-4-12-23)27-17-20-8-5-9-21(16-20)18-30-15-7-13-24(30)31/h5,8-9,16,22-23H,2-4,6-7,10-15,17-19H2,1H3,(H2,26,27,28). The van der Waals surface area contributed by atoms with Gasteiger partial charge in [-0.3, -0.25) is 14.7 Å². The first-order valence-electron chi connectivity index (χ1n) is 12.3. The Morgan fingerprint density at radius 3 is 2.68 bits per heavy atom. The molecule has 3 fully saturated rings. The number of hydrogen-bond acceptors (Lipinski definition) is 3. The second-order valence-electron chi connectivity index (χ2n) is 9.43. The van der Waals surface area contributed by atoms with Gasteiger partial charge in [0.15, 0.2) is 5.96 Å². The second-order valence-corrected chi connectivity index (χ2v) is 9.43. The molecule has 2 N–H and O–H groups in total. The minimum atomic E-state index is 0.280.